The van der Waals surface area contributed by atoms with Gasteiger partial charge < -0.3 is 15.2 Å². The van der Waals surface area contributed by atoms with Gasteiger partial charge in [0.2, 0.25) is 0 Å². The minimum Gasteiger partial charge on any atom is -0.361 e. The van der Waals surface area contributed by atoms with E-state index >= 15 is 0 Å². The summed E-state index contributed by atoms with van der Waals surface area (Å²) >= 11 is 0. The minimum atomic E-state index is 0.596. The Kier molecular flexibility index (Phi) is 4.78. The van der Waals surface area contributed by atoms with Gasteiger partial charge >= 0.3 is 0 Å². The molecule has 0 bridgehead atoms. The van der Waals surface area contributed by atoms with E-state index in [2.05, 4.69) is 29.6 Å². The molecule has 4 heteroatoms. The first kappa shape index (κ1) is 13.6. The van der Waals surface area contributed by atoms with Crippen LogP contribution in [0.1, 0.15) is 43.7 Å². The van der Waals surface area contributed by atoms with Gasteiger partial charge in [-0.15, -0.1) is 0 Å². The largest absolute Gasteiger partial charge is 0.361 e. The summed E-state index contributed by atoms with van der Waals surface area (Å²) in [6, 6.07) is 0.596. The van der Waals surface area contributed by atoms with E-state index in [4.69, 9.17) is 4.52 Å². The van der Waals surface area contributed by atoms with Crippen molar-refractivity contribution >= 4 is 0 Å². The average molecular weight is 251 g/mol. The quantitative estimate of drug-likeness (QED) is 0.859. The summed E-state index contributed by atoms with van der Waals surface area (Å²) < 4.78 is 5.28. The van der Waals surface area contributed by atoms with Crippen LogP contribution in [0, 0.1) is 12.8 Å². The van der Waals surface area contributed by atoms with E-state index in [0.29, 0.717) is 6.04 Å². The molecule has 2 N–H and O–H groups in total. The summed E-state index contributed by atoms with van der Waals surface area (Å²) in [6.45, 7) is 9.61. The molecule has 2 heterocycles. The highest BCUT2D eigenvalue weighted by Crippen LogP contribution is 2.17. The number of aryl methyl sites for hydroxylation is 2. The molecule has 1 aromatic rings. The molecule has 1 saturated heterocycles. The average Bonchev–Trinajstić information content (AvgIpc) is 2.59. The van der Waals surface area contributed by atoms with Gasteiger partial charge in [-0.2, -0.15) is 0 Å². The maximum Gasteiger partial charge on any atom is 0.138 e. The second-order valence-electron chi connectivity index (χ2n) is 5.31. The summed E-state index contributed by atoms with van der Waals surface area (Å²) in [4.78, 5) is 0. The van der Waals surface area contributed by atoms with Crippen molar-refractivity contribution in [3.05, 3.63) is 17.0 Å². The Morgan fingerprint density at radius 3 is 2.94 bits per heavy atom. The van der Waals surface area contributed by atoms with Crippen molar-refractivity contribution in [2.45, 2.75) is 52.6 Å². The Bertz CT molecular complexity index is 375. The van der Waals surface area contributed by atoms with Crippen LogP contribution in [-0.4, -0.2) is 24.3 Å². The van der Waals surface area contributed by atoms with E-state index < -0.39 is 0 Å². The zero-order valence-electron chi connectivity index (χ0n) is 11.8. The van der Waals surface area contributed by atoms with E-state index in [0.717, 1.165) is 43.4 Å². The Morgan fingerprint density at radius 1 is 1.39 bits per heavy atom. The molecule has 1 aliphatic rings. The van der Waals surface area contributed by atoms with Crippen LogP contribution in [0.3, 0.4) is 0 Å². The predicted molar refractivity (Wildman–Crippen MR) is 72.5 cm³/mol. The molecule has 0 aromatic carbocycles. The third-order valence-electron chi connectivity index (χ3n) is 4.04. The van der Waals surface area contributed by atoms with Crippen LogP contribution in [0.4, 0.5) is 0 Å². The number of hydrogen-bond donors (Lipinski definition) is 2. The van der Waals surface area contributed by atoms with Crippen LogP contribution < -0.4 is 10.6 Å². The zero-order valence-corrected chi connectivity index (χ0v) is 11.8. The van der Waals surface area contributed by atoms with Crippen molar-refractivity contribution in [1.82, 2.24) is 15.8 Å². The molecule has 0 saturated carbocycles. The molecular formula is C14H25N3O. The smallest absolute Gasteiger partial charge is 0.138 e. The topological polar surface area (TPSA) is 50.1 Å². The lowest BCUT2D eigenvalue weighted by Gasteiger charge is -2.22. The fourth-order valence-electron chi connectivity index (χ4n) is 2.68. The van der Waals surface area contributed by atoms with Gasteiger partial charge in [0.1, 0.15) is 5.76 Å². The van der Waals surface area contributed by atoms with Crippen LogP contribution in [0.2, 0.25) is 0 Å². The predicted octanol–water partition coefficient (Wildman–Crippen LogP) is 2.02. The number of rotatable bonds is 4. The number of nitrogens with zero attached hydrogens (tertiary/aromatic N) is 1. The molecule has 1 fully saturated rings. The molecule has 2 rings (SSSR count). The van der Waals surface area contributed by atoms with Crippen LogP contribution in [0.15, 0.2) is 4.52 Å². The van der Waals surface area contributed by atoms with Crippen molar-refractivity contribution in [1.29, 1.82) is 0 Å². The Morgan fingerprint density at radius 2 is 2.17 bits per heavy atom. The van der Waals surface area contributed by atoms with Gasteiger partial charge in [-0.05, 0) is 45.2 Å². The first-order valence-electron chi connectivity index (χ1n) is 7.10. The maximum absolute atomic E-state index is 5.28. The molecule has 2 atom stereocenters. The van der Waals surface area contributed by atoms with Crippen molar-refractivity contribution in [2.75, 3.05) is 13.1 Å². The van der Waals surface area contributed by atoms with Crippen LogP contribution in [-0.2, 0) is 13.0 Å². The van der Waals surface area contributed by atoms with Gasteiger partial charge in [-0.25, -0.2) is 0 Å². The lowest BCUT2D eigenvalue weighted by atomic mass is 9.96. The third kappa shape index (κ3) is 3.12. The van der Waals surface area contributed by atoms with Gasteiger partial charge in [0.15, 0.2) is 0 Å². The SMILES string of the molecule is CCc1noc(C)c1CNC1CCNCCC1C. The number of nitrogens with one attached hydrogen (secondary N) is 2. The first-order chi connectivity index (χ1) is 8.72. The molecule has 1 aromatic heterocycles. The van der Waals surface area contributed by atoms with Gasteiger partial charge in [-0.3, -0.25) is 0 Å². The van der Waals surface area contributed by atoms with Crippen molar-refractivity contribution < 1.29 is 4.52 Å². The second kappa shape index (κ2) is 6.34. The maximum atomic E-state index is 5.28. The zero-order chi connectivity index (χ0) is 13.0. The van der Waals surface area contributed by atoms with Crippen LogP contribution in [0.25, 0.3) is 0 Å². The Hall–Kier alpha value is -0.870. The summed E-state index contributed by atoms with van der Waals surface area (Å²) in [5.74, 6) is 1.68. The highest BCUT2D eigenvalue weighted by atomic mass is 16.5. The monoisotopic (exact) mass is 251 g/mol. The summed E-state index contributed by atoms with van der Waals surface area (Å²) in [5.41, 5.74) is 2.35. The molecule has 18 heavy (non-hydrogen) atoms. The lowest BCUT2D eigenvalue weighted by Crippen LogP contribution is -2.35. The van der Waals surface area contributed by atoms with Gasteiger partial charge in [0, 0.05) is 18.2 Å². The van der Waals surface area contributed by atoms with Crippen molar-refractivity contribution in [2.24, 2.45) is 5.92 Å². The molecule has 0 amide bonds. The summed E-state index contributed by atoms with van der Waals surface area (Å²) in [7, 11) is 0. The van der Waals surface area contributed by atoms with E-state index in [1.165, 1.54) is 18.4 Å². The van der Waals surface area contributed by atoms with E-state index in [9.17, 15) is 0 Å². The Labute approximate surface area is 110 Å². The van der Waals surface area contributed by atoms with Crippen molar-refractivity contribution in [3.63, 3.8) is 0 Å². The highest BCUT2D eigenvalue weighted by Gasteiger charge is 2.20. The molecule has 0 radical (unpaired) electrons. The molecule has 0 aliphatic carbocycles. The standard InChI is InChI=1S/C14H25N3O/c1-4-13-12(11(3)18-17-13)9-16-14-6-8-15-7-5-10(14)2/h10,14-16H,4-9H2,1-3H3. The van der Waals surface area contributed by atoms with Gasteiger partial charge in [0.25, 0.3) is 0 Å². The number of hydrogen-bond acceptors (Lipinski definition) is 4. The van der Waals surface area contributed by atoms with E-state index in [1.807, 2.05) is 6.92 Å². The fourth-order valence-corrected chi connectivity index (χ4v) is 2.68. The fraction of sp³-hybridized carbons (Fsp3) is 0.786. The van der Waals surface area contributed by atoms with Crippen molar-refractivity contribution in [3.8, 4) is 0 Å². The summed E-state index contributed by atoms with van der Waals surface area (Å²) in [6.07, 6.45) is 3.39. The summed E-state index contributed by atoms with van der Waals surface area (Å²) in [5, 5.41) is 11.3. The molecule has 2 unspecified atom stereocenters. The van der Waals surface area contributed by atoms with Crippen LogP contribution >= 0.6 is 0 Å². The molecule has 102 valence electrons. The van der Waals surface area contributed by atoms with Gasteiger partial charge in [-0.1, -0.05) is 19.0 Å². The van der Waals surface area contributed by atoms with E-state index in [-0.39, 0.29) is 0 Å². The number of aromatic nitrogens is 1. The third-order valence-corrected chi connectivity index (χ3v) is 4.04. The normalized spacial score (nSPS) is 25.1. The van der Waals surface area contributed by atoms with Gasteiger partial charge in [0.05, 0.1) is 5.69 Å². The molecule has 1 aliphatic heterocycles. The second-order valence-corrected chi connectivity index (χ2v) is 5.31. The molecule has 0 spiro atoms. The highest BCUT2D eigenvalue weighted by molar-refractivity contribution is 5.21. The minimum absolute atomic E-state index is 0.596. The Balaban J connectivity index is 1.95. The van der Waals surface area contributed by atoms with E-state index in [1.54, 1.807) is 0 Å². The molecule has 4 nitrogen and oxygen atoms in total. The first-order valence-corrected chi connectivity index (χ1v) is 7.10. The molecular weight excluding hydrogens is 226 g/mol. The lowest BCUT2D eigenvalue weighted by molar-refractivity contribution is 0.361. The van der Waals surface area contributed by atoms with Crippen LogP contribution in [0.5, 0.6) is 0 Å².